The van der Waals surface area contributed by atoms with Crippen molar-refractivity contribution in [2.45, 2.75) is 36.5 Å². The summed E-state index contributed by atoms with van der Waals surface area (Å²) in [6, 6.07) is 14.3. The average Bonchev–Trinajstić information content (AvgIpc) is 3.15. The number of rotatable bonds is 16. The fourth-order valence-corrected chi connectivity index (χ4v) is 6.00. The quantitative estimate of drug-likeness (QED) is 0.0359. The Morgan fingerprint density at radius 1 is 0.590 bits per heavy atom. The van der Waals surface area contributed by atoms with Crippen LogP contribution in [0.5, 0.6) is 11.5 Å². The predicted octanol–water partition coefficient (Wildman–Crippen LogP) is 5.30. The number of para-hydroxylation sites is 2. The summed E-state index contributed by atoms with van der Waals surface area (Å²) in [6.45, 7) is 2.45. The van der Waals surface area contributed by atoms with Crippen LogP contribution in [0.25, 0.3) is 0 Å². The molecule has 24 nitrogen and oxygen atoms in total. The number of carbonyl (C=O) groups is 4. The van der Waals surface area contributed by atoms with Gasteiger partial charge in [-0.3, -0.25) is 39.4 Å². The van der Waals surface area contributed by atoms with E-state index < -0.39 is 98.8 Å². The maximum Gasteiger partial charge on any atom is 2.00 e. The van der Waals surface area contributed by atoms with E-state index in [2.05, 4.69) is 31.1 Å². The number of nitrogens with one attached hydrogen (secondary N) is 2. The summed E-state index contributed by atoms with van der Waals surface area (Å²) in [7, 11) is -7.57. The Balaban J connectivity index is 0.000000413. The van der Waals surface area contributed by atoms with Gasteiger partial charge in [0.25, 0.3) is 11.4 Å². The normalized spacial score (nSPS) is 11.1. The van der Waals surface area contributed by atoms with E-state index in [0.717, 1.165) is 36.4 Å². The van der Waals surface area contributed by atoms with Crippen LogP contribution in [0.2, 0.25) is 0 Å². The first kappa shape index (κ1) is 51.3. The Kier molecular flexibility index (Phi) is 19.1. The maximum absolute atomic E-state index is 12.0. The van der Waals surface area contributed by atoms with Crippen molar-refractivity contribution in [2.75, 3.05) is 24.9 Å². The fraction of sp³-hybridized carbons (Fsp3) is 0.176. The minimum absolute atomic E-state index is 0. The van der Waals surface area contributed by atoms with Crippen molar-refractivity contribution in [3.8, 4) is 11.5 Å². The molecular weight excluding hydrogens is 978 g/mol. The number of nitro benzene ring substituents is 2. The fourth-order valence-electron chi connectivity index (χ4n) is 4.75. The van der Waals surface area contributed by atoms with Gasteiger partial charge in [0.05, 0.1) is 46.7 Å². The summed E-state index contributed by atoms with van der Waals surface area (Å²) in [5, 5.41) is 42.0. The molecule has 0 fully saturated rings. The third-order valence-electron chi connectivity index (χ3n) is 7.20. The molecule has 4 aromatic rings. The van der Waals surface area contributed by atoms with Crippen LogP contribution in [0.3, 0.4) is 0 Å². The second kappa shape index (κ2) is 22.7. The number of azo groups is 2. The van der Waals surface area contributed by atoms with E-state index in [1.54, 1.807) is 0 Å². The second-order valence-corrected chi connectivity index (χ2v) is 14.3. The van der Waals surface area contributed by atoms with Gasteiger partial charge >= 0.3 is 48.9 Å². The van der Waals surface area contributed by atoms with Gasteiger partial charge in [0.1, 0.15) is 66.1 Å². The van der Waals surface area contributed by atoms with Gasteiger partial charge in [0.15, 0.2) is 11.4 Å². The molecule has 0 saturated heterocycles. The molecule has 0 atom stereocenters. The van der Waals surface area contributed by atoms with Crippen LogP contribution >= 0.6 is 0 Å². The van der Waals surface area contributed by atoms with E-state index >= 15 is 0 Å². The average molecular weight is 1010 g/mol. The van der Waals surface area contributed by atoms with E-state index in [9.17, 15) is 65.3 Å². The van der Waals surface area contributed by atoms with Gasteiger partial charge in [0, 0.05) is 12.1 Å². The SMILES string of the molecule is COc1cccc(N=Nc2c([N+](=O)[O-])cccc2S(=O)(=O)[O-])c1NC(=O)CC(C)=O.COc1cccc(N=Nc2c([N+](=O)[O-])cccc2S(=O)(=O)[O-])c1NC(=O)CC(C)=O.[Ba+2]. The van der Waals surface area contributed by atoms with Crippen molar-refractivity contribution in [1.29, 1.82) is 0 Å². The number of anilines is 2. The molecule has 0 bridgehead atoms. The molecule has 2 N–H and O–H groups in total. The van der Waals surface area contributed by atoms with E-state index in [4.69, 9.17) is 9.47 Å². The molecule has 0 unspecified atom stereocenters. The molecule has 0 aromatic heterocycles. The molecule has 4 rings (SSSR count). The smallest absolute Gasteiger partial charge is 0.744 e. The van der Waals surface area contributed by atoms with Crippen LogP contribution < -0.4 is 20.1 Å². The van der Waals surface area contributed by atoms with Gasteiger partial charge in [-0.1, -0.05) is 24.3 Å². The first-order valence-electron chi connectivity index (χ1n) is 16.3. The molecule has 0 spiro atoms. The van der Waals surface area contributed by atoms with E-state index in [1.807, 2.05) is 0 Å². The molecule has 0 aliphatic heterocycles. The van der Waals surface area contributed by atoms with E-state index in [-0.39, 0.29) is 83.1 Å². The molecule has 2 amide bonds. The first-order chi connectivity index (χ1) is 28.1. The van der Waals surface area contributed by atoms with Crippen LogP contribution in [0.15, 0.2) is 103 Å². The predicted molar refractivity (Wildman–Crippen MR) is 210 cm³/mol. The zero-order valence-corrected chi connectivity index (χ0v) is 38.2. The summed E-state index contributed by atoms with van der Waals surface area (Å²) in [4.78, 5) is 65.0. The summed E-state index contributed by atoms with van der Waals surface area (Å²) < 4.78 is 79.1. The van der Waals surface area contributed by atoms with Gasteiger partial charge in [-0.25, -0.2) is 16.8 Å². The van der Waals surface area contributed by atoms with Gasteiger partial charge in [0.2, 0.25) is 11.8 Å². The number of carbonyl (C=O) groups excluding carboxylic acids is 4. The number of ether oxygens (including phenoxy) is 2. The third kappa shape index (κ3) is 14.7. The molecule has 0 heterocycles. The van der Waals surface area contributed by atoms with Gasteiger partial charge in [-0.2, -0.15) is 0 Å². The van der Waals surface area contributed by atoms with Gasteiger partial charge < -0.3 is 29.2 Å². The van der Waals surface area contributed by atoms with Crippen molar-refractivity contribution in [1.82, 2.24) is 0 Å². The van der Waals surface area contributed by atoms with Crippen molar-refractivity contribution < 1.29 is 64.4 Å². The number of ketones is 2. The number of nitro groups is 2. The summed E-state index contributed by atoms with van der Waals surface area (Å²) in [5.41, 5.74) is -3.14. The second-order valence-electron chi connectivity index (χ2n) is 11.6. The van der Waals surface area contributed by atoms with E-state index in [0.29, 0.717) is 0 Å². The topological polar surface area (TPSA) is 361 Å². The summed E-state index contributed by atoms with van der Waals surface area (Å²) >= 11 is 0. The van der Waals surface area contributed by atoms with Crippen molar-refractivity contribution in [3.05, 3.63) is 93.0 Å². The number of benzene rings is 4. The monoisotopic (exact) mass is 1010 g/mol. The van der Waals surface area contributed by atoms with E-state index in [1.165, 1.54) is 64.5 Å². The first-order valence-corrected chi connectivity index (χ1v) is 19.1. The van der Waals surface area contributed by atoms with Crippen molar-refractivity contribution >= 4 is 138 Å². The Morgan fingerprint density at radius 2 is 0.918 bits per heavy atom. The molecule has 0 saturated carbocycles. The van der Waals surface area contributed by atoms with Crippen LogP contribution in [0.4, 0.5) is 45.5 Å². The molecule has 0 aliphatic rings. The Hall–Kier alpha value is -5.85. The zero-order valence-electron chi connectivity index (χ0n) is 32.1. The Labute approximate surface area is 385 Å². The standard InChI is InChI=1S/2C17H16N4O8S.Ba/c2*1-10(22)9-15(23)18-16-11(5-3-7-13(16)29-2)19-20-17-12(21(24)25)6-4-8-14(17)30(26,27)28;/h2*3-8H,9H2,1-2H3,(H,18,23)(H,26,27,28);/q;;+2/p-2. The maximum atomic E-state index is 12.0. The van der Waals surface area contributed by atoms with Gasteiger partial charge in [-0.05, 0) is 50.2 Å². The van der Waals surface area contributed by atoms with Crippen LogP contribution in [0, 0.1) is 20.2 Å². The van der Waals surface area contributed by atoms with Crippen LogP contribution in [-0.2, 0) is 39.4 Å². The molecule has 0 radical (unpaired) electrons. The van der Waals surface area contributed by atoms with Crippen molar-refractivity contribution in [2.24, 2.45) is 20.5 Å². The Morgan fingerprint density at radius 3 is 1.20 bits per heavy atom. The summed E-state index contributed by atoms with van der Waals surface area (Å²) in [5.74, 6) is -1.84. The number of amides is 2. The Bertz CT molecular complexity index is 2480. The number of Topliss-reactive ketones (excluding diaryl/α,β-unsaturated/α-hetero) is 2. The summed E-state index contributed by atoms with van der Waals surface area (Å²) in [6.07, 6.45) is -0.839. The molecular formula is C34H30BaN8O16S2. The van der Waals surface area contributed by atoms with Gasteiger partial charge in [-0.15, -0.1) is 20.5 Å². The number of hydrogen-bond donors (Lipinski definition) is 2. The molecule has 27 heteroatoms. The zero-order chi connectivity index (χ0) is 44.9. The number of hydrogen-bond acceptors (Lipinski definition) is 20. The molecule has 316 valence electrons. The number of methoxy groups -OCH3 is 2. The van der Waals surface area contributed by atoms with Crippen LogP contribution in [-0.4, -0.2) is 122 Å². The molecule has 61 heavy (non-hydrogen) atoms. The number of nitrogens with zero attached hydrogens (tertiary/aromatic N) is 6. The molecule has 0 aliphatic carbocycles. The minimum atomic E-state index is -5.09. The minimum Gasteiger partial charge on any atom is -0.744 e. The van der Waals surface area contributed by atoms with Crippen molar-refractivity contribution in [3.63, 3.8) is 0 Å². The third-order valence-corrected chi connectivity index (χ3v) is 8.94. The largest absolute Gasteiger partial charge is 2.00 e. The molecule has 4 aromatic carbocycles. The van der Waals surface area contributed by atoms with Crippen LogP contribution in [0.1, 0.15) is 26.7 Å².